The SMILES string of the molecule is O=C(c1cc(-c2cccnc2)no1)N1CCCC2(CCN(C(=O)C3CCc4cn[nH]c43)C2)C1. The minimum Gasteiger partial charge on any atom is -0.350 e. The fourth-order valence-corrected chi connectivity index (χ4v) is 5.75. The van der Waals surface area contributed by atoms with Crippen LogP contribution in [0.5, 0.6) is 0 Å². The molecule has 2 atom stereocenters. The summed E-state index contributed by atoms with van der Waals surface area (Å²) in [5.74, 6) is 0.183. The first-order chi connectivity index (χ1) is 16.1. The lowest BCUT2D eigenvalue weighted by Gasteiger charge is -2.40. The molecule has 0 saturated carbocycles. The number of H-pyrrole nitrogens is 1. The molecule has 3 aromatic heterocycles. The first-order valence-electron chi connectivity index (χ1n) is 11.6. The van der Waals surface area contributed by atoms with Gasteiger partial charge in [-0.3, -0.25) is 19.7 Å². The van der Waals surface area contributed by atoms with Crippen LogP contribution in [0.4, 0.5) is 0 Å². The Morgan fingerprint density at radius 3 is 2.94 bits per heavy atom. The van der Waals surface area contributed by atoms with E-state index in [1.54, 1.807) is 18.5 Å². The van der Waals surface area contributed by atoms with Crippen LogP contribution >= 0.6 is 0 Å². The smallest absolute Gasteiger partial charge is 0.292 e. The molecule has 2 amide bonds. The average Bonchev–Trinajstić information content (AvgIpc) is 3.63. The van der Waals surface area contributed by atoms with E-state index in [0.29, 0.717) is 25.3 Å². The molecule has 1 spiro atoms. The second-order valence-electron chi connectivity index (χ2n) is 9.56. The molecule has 3 aromatic rings. The van der Waals surface area contributed by atoms with Gasteiger partial charge in [-0.2, -0.15) is 5.10 Å². The Morgan fingerprint density at radius 2 is 2.06 bits per heavy atom. The van der Waals surface area contributed by atoms with Gasteiger partial charge in [-0.1, -0.05) is 5.16 Å². The number of aryl methyl sites for hydroxylation is 1. The molecule has 3 aliphatic rings. The molecule has 2 saturated heterocycles. The molecule has 0 aromatic carbocycles. The van der Waals surface area contributed by atoms with Crippen molar-refractivity contribution in [2.75, 3.05) is 26.2 Å². The molecule has 2 aliphatic heterocycles. The van der Waals surface area contributed by atoms with Gasteiger partial charge in [0.25, 0.3) is 5.91 Å². The van der Waals surface area contributed by atoms with Crippen LogP contribution in [0.1, 0.15) is 53.4 Å². The number of hydrogen-bond donors (Lipinski definition) is 1. The second-order valence-corrected chi connectivity index (χ2v) is 9.56. The number of likely N-dealkylation sites (tertiary alicyclic amines) is 2. The summed E-state index contributed by atoms with van der Waals surface area (Å²) in [6.07, 6.45) is 9.85. The van der Waals surface area contributed by atoms with Gasteiger partial charge >= 0.3 is 0 Å². The topological polar surface area (TPSA) is 108 Å². The van der Waals surface area contributed by atoms with E-state index in [2.05, 4.69) is 20.3 Å². The van der Waals surface area contributed by atoms with Crippen molar-refractivity contribution in [3.63, 3.8) is 0 Å². The number of pyridine rings is 1. The summed E-state index contributed by atoms with van der Waals surface area (Å²) in [5, 5.41) is 11.2. The predicted octanol–water partition coefficient (Wildman–Crippen LogP) is 2.64. The van der Waals surface area contributed by atoms with E-state index >= 15 is 0 Å². The van der Waals surface area contributed by atoms with Crippen molar-refractivity contribution in [2.24, 2.45) is 5.41 Å². The number of fused-ring (bicyclic) bond motifs is 1. The number of nitrogens with zero attached hydrogens (tertiary/aromatic N) is 5. The van der Waals surface area contributed by atoms with E-state index in [1.165, 1.54) is 0 Å². The monoisotopic (exact) mass is 446 g/mol. The normalized spacial score (nSPS) is 24.4. The molecule has 33 heavy (non-hydrogen) atoms. The lowest BCUT2D eigenvalue weighted by Crippen LogP contribution is -2.48. The molecule has 9 nitrogen and oxygen atoms in total. The molecule has 6 rings (SSSR count). The van der Waals surface area contributed by atoms with Gasteiger partial charge in [0.15, 0.2) is 0 Å². The number of amides is 2. The van der Waals surface area contributed by atoms with E-state index in [1.807, 2.05) is 28.1 Å². The van der Waals surface area contributed by atoms with Gasteiger partial charge in [-0.15, -0.1) is 0 Å². The first-order valence-corrected chi connectivity index (χ1v) is 11.6. The number of hydrogen-bond acceptors (Lipinski definition) is 6. The molecule has 5 heterocycles. The third-order valence-electron chi connectivity index (χ3n) is 7.48. The van der Waals surface area contributed by atoms with Crippen LogP contribution < -0.4 is 0 Å². The standard InChI is InChI=1S/C24H26N6O3/c31-22(18-5-4-17-13-26-27-21(17)18)30-10-7-24(15-30)6-2-9-29(14-24)23(32)20-11-19(28-33-20)16-3-1-8-25-12-16/h1,3,8,11-13,18H,2,4-7,9-10,14-15H2,(H,26,27). The van der Waals surface area contributed by atoms with Crippen molar-refractivity contribution in [3.05, 3.63) is 53.8 Å². The predicted molar refractivity (Wildman–Crippen MR) is 118 cm³/mol. The highest BCUT2D eigenvalue weighted by atomic mass is 16.5. The number of carbonyl (C=O) groups excluding carboxylic acids is 2. The molecule has 2 fully saturated rings. The minimum atomic E-state index is -0.139. The number of rotatable bonds is 3. The summed E-state index contributed by atoms with van der Waals surface area (Å²) in [4.78, 5) is 34.4. The van der Waals surface area contributed by atoms with Crippen LogP contribution in [0.2, 0.25) is 0 Å². The molecule has 1 aliphatic carbocycles. The van der Waals surface area contributed by atoms with Crippen LogP contribution in [0.15, 0.2) is 41.3 Å². The molecule has 170 valence electrons. The number of nitrogens with one attached hydrogen (secondary N) is 1. The molecular formula is C24H26N6O3. The highest BCUT2D eigenvalue weighted by Crippen LogP contribution is 2.42. The van der Waals surface area contributed by atoms with E-state index in [9.17, 15) is 9.59 Å². The number of carbonyl (C=O) groups is 2. The van der Waals surface area contributed by atoms with Crippen LogP contribution in [0.25, 0.3) is 11.3 Å². The van der Waals surface area contributed by atoms with Crippen LogP contribution in [0.3, 0.4) is 0 Å². The Balaban J connectivity index is 1.14. The third-order valence-corrected chi connectivity index (χ3v) is 7.48. The van der Waals surface area contributed by atoms with Gasteiger partial charge in [0.05, 0.1) is 17.8 Å². The molecule has 0 bridgehead atoms. The van der Waals surface area contributed by atoms with Crippen molar-refractivity contribution < 1.29 is 14.1 Å². The maximum Gasteiger partial charge on any atom is 0.292 e. The van der Waals surface area contributed by atoms with Crippen LogP contribution in [0, 0.1) is 5.41 Å². The fourth-order valence-electron chi connectivity index (χ4n) is 5.75. The van der Waals surface area contributed by atoms with E-state index < -0.39 is 0 Å². The van der Waals surface area contributed by atoms with Gasteiger partial charge in [-0.25, -0.2) is 0 Å². The maximum absolute atomic E-state index is 13.3. The zero-order chi connectivity index (χ0) is 22.4. The Kier molecular flexibility index (Phi) is 4.78. The first kappa shape index (κ1) is 20.1. The number of aromatic amines is 1. The molecule has 2 unspecified atom stereocenters. The minimum absolute atomic E-state index is 0.0504. The van der Waals surface area contributed by atoms with E-state index in [0.717, 1.165) is 55.5 Å². The Labute approximate surface area is 191 Å². The summed E-state index contributed by atoms with van der Waals surface area (Å²) in [5.41, 5.74) is 3.51. The van der Waals surface area contributed by atoms with Crippen molar-refractivity contribution in [1.29, 1.82) is 0 Å². The van der Waals surface area contributed by atoms with Gasteiger partial charge in [-0.05, 0) is 49.8 Å². The largest absolute Gasteiger partial charge is 0.350 e. The maximum atomic E-state index is 13.3. The summed E-state index contributed by atoms with van der Waals surface area (Å²) in [6.45, 7) is 2.78. The van der Waals surface area contributed by atoms with E-state index in [-0.39, 0.29) is 28.9 Å². The lowest BCUT2D eigenvalue weighted by molar-refractivity contribution is -0.132. The van der Waals surface area contributed by atoms with Crippen molar-refractivity contribution in [3.8, 4) is 11.3 Å². The Morgan fingerprint density at radius 1 is 1.15 bits per heavy atom. The van der Waals surface area contributed by atoms with Crippen molar-refractivity contribution in [2.45, 2.75) is 38.0 Å². The van der Waals surface area contributed by atoms with Gasteiger partial charge in [0, 0.05) is 55.6 Å². The lowest BCUT2D eigenvalue weighted by atomic mass is 9.79. The van der Waals surface area contributed by atoms with Crippen molar-refractivity contribution >= 4 is 11.8 Å². The van der Waals surface area contributed by atoms with Gasteiger partial charge in [0.2, 0.25) is 11.7 Å². The molecular weight excluding hydrogens is 420 g/mol. The summed E-state index contributed by atoms with van der Waals surface area (Å²) in [7, 11) is 0. The van der Waals surface area contributed by atoms with Gasteiger partial charge in [0.1, 0.15) is 5.69 Å². The Hall–Kier alpha value is -3.49. The quantitative estimate of drug-likeness (QED) is 0.663. The summed E-state index contributed by atoms with van der Waals surface area (Å²) >= 11 is 0. The summed E-state index contributed by atoms with van der Waals surface area (Å²) in [6, 6.07) is 5.40. The van der Waals surface area contributed by atoms with E-state index in [4.69, 9.17) is 4.52 Å². The third kappa shape index (κ3) is 3.51. The van der Waals surface area contributed by atoms with Crippen LogP contribution in [-0.2, 0) is 11.2 Å². The zero-order valence-electron chi connectivity index (χ0n) is 18.4. The Bertz CT molecular complexity index is 1190. The second kappa shape index (κ2) is 7.83. The molecule has 1 N–H and O–H groups in total. The van der Waals surface area contributed by atoms with Crippen LogP contribution in [-0.4, -0.2) is 68.1 Å². The molecule has 9 heteroatoms. The average molecular weight is 447 g/mol. The number of aromatic nitrogens is 4. The zero-order valence-corrected chi connectivity index (χ0v) is 18.4. The number of piperidine rings is 1. The van der Waals surface area contributed by atoms with Crippen molar-refractivity contribution in [1.82, 2.24) is 30.1 Å². The van der Waals surface area contributed by atoms with Gasteiger partial charge < -0.3 is 14.3 Å². The highest BCUT2D eigenvalue weighted by Gasteiger charge is 2.46. The summed E-state index contributed by atoms with van der Waals surface area (Å²) < 4.78 is 5.39. The molecule has 0 radical (unpaired) electrons. The highest BCUT2D eigenvalue weighted by molar-refractivity contribution is 5.92. The fraction of sp³-hybridized carbons (Fsp3) is 0.458.